The van der Waals surface area contributed by atoms with Gasteiger partial charge in [0.25, 0.3) is 0 Å². The topological polar surface area (TPSA) is 38.3 Å². The van der Waals surface area contributed by atoms with Gasteiger partial charge in [0.15, 0.2) is 5.82 Å². The number of anilines is 1. The van der Waals surface area contributed by atoms with Gasteiger partial charge in [0, 0.05) is 6.42 Å². The van der Waals surface area contributed by atoms with Crippen LogP contribution >= 0.6 is 11.6 Å². The first-order chi connectivity index (χ1) is 9.10. The summed E-state index contributed by atoms with van der Waals surface area (Å²) in [5.74, 6) is -0.962. The van der Waals surface area contributed by atoms with E-state index in [0.29, 0.717) is 0 Å². The Bertz CT molecular complexity index is 501. The third-order valence-electron chi connectivity index (χ3n) is 2.17. The maximum absolute atomic E-state index is 13.9. The van der Waals surface area contributed by atoms with E-state index in [2.05, 4.69) is 5.32 Å². The van der Waals surface area contributed by atoms with Crippen molar-refractivity contribution in [2.75, 3.05) is 5.32 Å². The van der Waals surface area contributed by atoms with Gasteiger partial charge in [-0.2, -0.15) is 0 Å². The van der Waals surface area contributed by atoms with Crippen molar-refractivity contribution in [2.45, 2.75) is 39.2 Å². The van der Waals surface area contributed by atoms with E-state index in [1.54, 1.807) is 20.8 Å². The van der Waals surface area contributed by atoms with Crippen molar-refractivity contribution in [1.82, 2.24) is 0 Å². The van der Waals surface area contributed by atoms with Gasteiger partial charge in [-0.15, -0.1) is 0 Å². The van der Waals surface area contributed by atoms with Crippen LogP contribution in [0.15, 0.2) is 12.1 Å². The molecule has 0 atom stereocenters. The number of hydrogen-bond donors (Lipinski definition) is 1. The summed E-state index contributed by atoms with van der Waals surface area (Å²) in [5, 5.41) is 1.75. The second-order valence-electron chi connectivity index (χ2n) is 5.12. The molecule has 0 saturated carbocycles. The average molecular weight is 310 g/mol. The van der Waals surface area contributed by atoms with E-state index in [1.165, 1.54) is 12.1 Å². The number of amides is 1. The molecule has 0 spiro atoms. The fraction of sp³-hybridized carbons (Fsp3) is 0.462. The molecule has 0 fully saturated rings. The molecular weight excluding hydrogens is 295 g/mol. The quantitative estimate of drug-likeness (QED) is 0.883. The van der Waals surface area contributed by atoms with Crippen LogP contribution in [-0.4, -0.2) is 18.1 Å². The number of alkyl halides is 2. The molecule has 3 nitrogen and oxygen atoms in total. The van der Waals surface area contributed by atoms with Crippen molar-refractivity contribution < 1.29 is 22.7 Å². The highest BCUT2D eigenvalue weighted by Gasteiger charge is 2.20. The molecule has 0 heterocycles. The van der Waals surface area contributed by atoms with E-state index in [9.17, 15) is 18.0 Å². The largest absolute Gasteiger partial charge is 0.444 e. The highest BCUT2D eigenvalue weighted by molar-refractivity contribution is 6.31. The van der Waals surface area contributed by atoms with E-state index in [0.717, 1.165) is 0 Å². The molecule has 1 amide bonds. The van der Waals surface area contributed by atoms with Crippen LogP contribution in [0.3, 0.4) is 0 Å². The lowest BCUT2D eigenvalue weighted by Gasteiger charge is -2.20. The maximum Gasteiger partial charge on any atom is 0.412 e. The Kier molecular flexibility index (Phi) is 5.28. The first-order valence-corrected chi connectivity index (χ1v) is 6.23. The normalized spacial score (nSPS) is 11.6. The van der Waals surface area contributed by atoms with Crippen LogP contribution in [0.1, 0.15) is 26.3 Å². The lowest BCUT2D eigenvalue weighted by atomic mass is 10.1. The number of carbonyl (C=O) groups is 1. The Labute approximate surface area is 120 Å². The van der Waals surface area contributed by atoms with Gasteiger partial charge in [0.05, 0.1) is 10.7 Å². The number of nitrogens with one attached hydrogen (secondary N) is 1. The smallest absolute Gasteiger partial charge is 0.412 e. The van der Waals surface area contributed by atoms with E-state index >= 15 is 0 Å². The Hall–Kier alpha value is -1.43. The molecule has 0 aliphatic heterocycles. The Balaban J connectivity index is 2.88. The van der Waals surface area contributed by atoms with Gasteiger partial charge in [0.2, 0.25) is 6.43 Å². The van der Waals surface area contributed by atoms with Gasteiger partial charge in [-0.05, 0) is 32.4 Å². The molecule has 0 aliphatic carbocycles. The summed E-state index contributed by atoms with van der Waals surface area (Å²) in [6.45, 7) is 4.96. The van der Waals surface area contributed by atoms with Crippen LogP contribution in [0.4, 0.5) is 23.7 Å². The second-order valence-corrected chi connectivity index (χ2v) is 5.50. The van der Waals surface area contributed by atoms with Crippen molar-refractivity contribution in [1.29, 1.82) is 0 Å². The maximum atomic E-state index is 13.9. The molecule has 0 aliphatic rings. The van der Waals surface area contributed by atoms with E-state index in [-0.39, 0.29) is 11.3 Å². The predicted molar refractivity (Wildman–Crippen MR) is 71.0 cm³/mol. The molecule has 20 heavy (non-hydrogen) atoms. The SMILES string of the molecule is CC(C)(C)OC(=O)Nc1ccc(CC(F)F)c(Cl)c1F. The summed E-state index contributed by atoms with van der Waals surface area (Å²) >= 11 is 5.66. The van der Waals surface area contributed by atoms with Crippen molar-refractivity contribution in [3.05, 3.63) is 28.5 Å². The number of ether oxygens (including phenoxy) is 1. The van der Waals surface area contributed by atoms with E-state index in [1.807, 2.05) is 0 Å². The highest BCUT2D eigenvalue weighted by atomic mass is 35.5. The number of rotatable bonds is 3. The molecular formula is C13H15ClF3NO2. The summed E-state index contributed by atoms with van der Waals surface area (Å²) in [7, 11) is 0. The van der Waals surface area contributed by atoms with Gasteiger partial charge < -0.3 is 4.74 Å². The molecule has 1 aromatic carbocycles. The molecule has 0 bridgehead atoms. The standard InChI is InChI=1S/C13H15ClF3NO2/c1-13(2,3)20-12(19)18-8-5-4-7(6-9(15)16)10(14)11(8)17/h4-5,9H,6H2,1-3H3,(H,18,19). The number of benzene rings is 1. The van der Waals surface area contributed by atoms with Crippen molar-refractivity contribution >= 4 is 23.4 Å². The zero-order valence-electron chi connectivity index (χ0n) is 11.3. The first-order valence-electron chi connectivity index (χ1n) is 5.85. The molecule has 1 rings (SSSR count). The zero-order valence-corrected chi connectivity index (χ0v) is 12.0. The molecule has 0 unspecified atom stereocenters. The molecule has 1 N–H and O–H groups in total. The third kappa shape index (κ3) is 4.92. The Morgan fingerprint density at radius 2 is 2.00 bits per heavy atom. The van der Waals surface area contributed by atoms with Crippen LogP contribution in [0.2, 0.25) is 5.02 Å². The second kappa shape index (κ2) is 6.35. The molecule has 0 aromatic heterocycles. The van der Waals surface area contributed by atoms with Gasteiger partial charge in [-0.1, -0.05) is 17.7 Å². The molecule has 0 radical (unpaired) electrons. The number of hydrogen-bond acceptors (Lipinski definition) is 2. The van der Waals surface area contributed by atoms with Gasteiger partial charge >= 0.3 is 6.09 Å². The van der Waals surface area contributed by atoms with Crippen molar-refractivity contribution in [2.24, 2.45) is 0 Å². The van der Waals surface area contributed by atoms with Crippen LogP contribution in [0.5, 0.6) is 0 Å². The lowest BCUT2D eigenvalue weighted by Crippen LogP contribution is -2.27. The van der Waals surface area contributed by atoms with Crippen molar-refractivity contribution in [3.8, 4) is 0 Å². The van der Waals surface area contributed by atoms with Gasteiger partial charge in [0.1, 0.15) is 5.60 Å². The van der Waals surface area contributed by atoms with Crippen molar-refractivity contribution in [3.63, 3.8) is 0 Å². The fourth-order valence-electron chi connectivity index (χ4n) is 1.42. The minimum Gasteiger partial charge on any atom is -0.444 e. The summed E-state index contributed by atoms with van der Waals surface area (Å²) in [6.07, 6.45) is -4.13. The van der Waals surface area contributed by atoms with Gasteiger partial charge in [-0.25, -0.2) is 18.0 Å². The van der Waals surface area contributed by atoms with E-state index < -0.39 is 35.4 Å². The first kappa shape index (κ1) is 16.6. The summed E-state index contributed by atoms with van der Waals surface area (Å²) < 4.78 is 43.3. The highest BCUT2D eigenvalue weighted by Crippen LogP contribution is 2.28. The third-order valence-corrected chi connectivity index (χ3v) is 2.58. The molecule has 112 valence electrons. The summed E-state index contributed by atoms with van der Waals surface area (Å²) in [5.41, 5.74) is -0.976. The Morgan fingerprint density at radius 1 is 1.40 bits per heavy atom. The predicted octanol–water partition coefficient (Wildman–Crippen LogP) is 4.63. The summed E-state index contributed by atoms with van der Waals surface area (Å²) in [4.78, 5) is 11.5. The Morgan fingerprint density at radius 3 is 2.50 bits per heavy atom. The van der Waals surface area contributed by atoms with Crippen LogP contribution in [0, 0.1) is 5.82 Å². The lowest BCUT2D eigenvalue weighted by molar-refractivity contribution is 0.0635. The molecule has 7 heteroatoms. The minimum absolute atomic E-state index is 0.0195. The molecule has 0 saturated heterocycles. The van der Waals surface area contributed by atoms with Crippen LogP contribution in [-0.2, 0) is 11.2 Å². The van der Waals surface area contributed by atoms with E-state index in [4.69, 9.17) is 16.3 Å². The monoisotopic (exact) mass is 309 g/mol. The average Bonchev–Trinajstić information content (AvgIpc) is 2.26. The molecule has 1 aromatic rings. The number of halogens is 4. The van der Waals surface area contributed by atoms with Crippen LogP contribution in [0.25, 0.3) is 0 Å². The zero-order chi connectivity index (χ0) is 15.5. The minimum atomic E-state index is -2.63. The fourth-order valence-corrected chi connectivity index (χ4v) is 1.67. The van der Waals surface area contributed by atoms with Crippen LogP contribution < -0.4 is 5.32 Å². The number of carbonyl (C=O) groups excluding carboxylic acids is 1. The van der Waals surface area contributed by atoms with Gasteiger partial charge in [-0.3, -0.25) is 5.32 Å². The summed E-state index contributed by atoms with van der Waals surface area (Å²) in [6, 6.07) is 2.41.